The van der Waals surface area contributed by atoms with E-state index in [4.69, 9.17) is 9.47 Å². The molecule has 1 heterocycles. The first-order valence-corrected chi connectivity index (χ1v) is 7.77. The first kappa shape index (κ1) is 16.2. The van der Waals surface area contributed by atoms with E-state index in [1.165, 1.54) is 0 Å². The summed E-state index contributed by atoms with van der Waals surface area (Å²) in [7, 11) is 0. The molecule has 3 nitrogen and oxygen atoms in total. The van der Waals surface area contributed by atoms with E-state index in [1.54, 1.807) is 0 Å². The highest BCUT2D eigenvalue weighted by Crippen LogP contribution is 2.30. The van der Waals surface area contributed by atoms with Crippen LogP contribution in [0.2, 0.25) is 0 Å². The second-order valence-corrected chi connectivity index (χ2v) is 5.82. The summed E-state index contributed by atoms with van der Waals surface area (Å²) in [5.74, 6) is 0.384. The molecule has 0 saturated carbocycles. The van der Waals surface area contributed by atoms with Gasteiger partial charge in [-0.2, -0.15) is 0 Å². The van der Waals surface area contributed by atoms with Crippen molar-refractivity contribution in [2.45, 2.75) is 51.1 Å². The zero-order chi connectivity index (χ0) is 15.1. The molecule has 116 valence electrons. The van der Waals surface area contributed by atoms with Gasteiger partial charge in [0, 0.05) is 0 Å². The molecule has 1 aliphatic heterocycles. The molecule has 1 fully saturated rings. The van der Waals surface area contributed by atoms with Crippen molar-refractivity contribution in [3.63, 3.8) is 0 Å². The molecule has 0 bridgehead atoms. The molecule has 0 unspecified atom stereocenters. The van der Waals surface area contributed by atoms with Gasteiger partial charge in [0.1, 0.15) is 6.10 Å². The second kappa shape index (κ2) is 8.32. The number of hydrogen-bond donors (Lipinski definition) is 1. The first-order valence-electron chi connectivity index (χ1n) is 7.77. The summed E-state index contributed by atoms with van der Waals surface area (Å²) in [6.07, 6.45) is 4.74. The van der Waals surface area contributed by atoms with E-state index in [2.05, 4.69) is 25.6 Å². The van der Waals surface area contributed by atoms with Crippen molar-refractivity contribution < 1.29 is 14.6 Å². The van der Waals surface area contributed by atoms with Gasteiger partial charge in [0.05, 0.1) is 25.4 Å². The fraction of sp³-hybridized carbons (Fsp3) is 0.556. The van der Waals surface area contributed by atoms with E-state index in [9.17, 15) is 5.11 Å². The lowest BCUT2D eigenvalue weighted by Gasteiger charge is -2.40. The van der Waals surface area contributed by atoms with Crippen molar-refractivity contribution in [1.82, 2.24) is 0 Å². The molecule has 0 spiro atoms. The average molecular weight is 290 g/mol. The molecule has 1 N–H and O–H groups in total. The summed E-state index contributed by atoms with van der Waals surface area (Å²) in [6.45, 7) is 6.50. The topological polar surface area (TPSA) is 38.7 Å². The van der Waals surface area contributed by atoms with Gasteiger partial charge in [-0.05, 0) is 30.7 Å². The van der Waals surface area contributed by atoms with Crippen LogP contribution in [-0.4, -0.2) is 30.0 Å². The van der Waals surface area contributed by atoms with Crippen LogP contribution in [-0.2, 0) is 16.1 Å². The maximum Gasteiger partial charge on any atom is 0.107 e. The van der Waals surface area contributed by atoms with Crippen LogP contribution in [0, 0.1) is 5.92 Å². The van der Waals surface area contributed by atoms with Gasteiger partial charge in [-0.15, -0.1) is 6.58 Å². The third-order valence-corrected chi connectivity index (χ3v) is 4.09. The maximum absolute atomic E-state index is 9.59. The Morgan fingerprint density at radius 3 is 2.81 bits per heavy atom. The lowest BCUT2D eigenvalue weighted by molar-refractivity contribution is -0.179. The van der Waals surface area contributed by atoms with Crippen LogP contribution < -0.4 is 0 Å². The van der Waals surface area contributed by atoms with E-state index in [-0.39, 0.29) is 24.9 Å². The van der Waals surface area contributed by atoms with Crippen molar-refractivity contribution in [3.05, 3.63) is 48.6 Å². The summed E-state index contributed by atoms with van der Waals surface area (Å²) < 4.78 is 12.0. The average Bonchev–Trinajstić information content (AvgIpc) is 2.52. The highest BCUT2D eigenvalue weighted by Gasteiger charge is 2.36. The molecule has 21 heavy (non-hydrogen) atoms. The van der Waals surface area contributed by atoms with Gasteiger partial charge in [-0.1, -0.05) is 43.3 Å². The summed E-state index contributed by atoms with van der Waals surface area (Å²) in [5, 5.41) is 9.59. The lowest BCUT2D eigenvalue weighted by atomic mass is 9.88. The molecule has 1 aromatic carbocycles. The molecule has 0 radical (unpaired) electrons. The standard InChI is InChI=1S/C18H26O3/c1-3-4-10-16-11-14(2)18(17(12-19)21-16)20-13-15-8-6-5-7-9-15/h3,5-9,14,16-19H,1,4,10-13H2,2H3/t14-,16+,17-,18+/m1/s1. The largest absolute Gasteiger partial charge is 0.394 e. The predicted molar refractivity (Wildman–Crippen MR) is 84.0 cm³/mol. The SMILES string of the molecule is C=CCC[C@H]1C[C@@H](C)[C@H](OCc2ccccc2)[C@@H](CO)O1. The van der Waals surface area contributed by atoms with Gasteiger partial charge >= 0.3 is 0 Å². The number of ether oxygens (including phenoxy) is 2. The van der Waals surface area contributed by atoms with Crippen LogP contribution in [0.15, 0.2) is 43.0 Å². The third-order valence-electron chi connectivity index (χ3n) is 4.09. The van der Waals surface area contributed by atoms with Gasteiger partial charge in [0.2, 0.25) is 0 Å². The normalized spacial score (nSPS) is 29.2. The van der Waals surface area contributed by atoms with Crippen molar-refractivity contribution in [2.75, 3.05) is 6.61 Å². The molecule has 1 aliphatic rings. The Morgan fingerprint density at radius 1 is 1.38 bits per heavy atom. The smallest absolute Gasteiger partial charge is 0.107 e. The summed E-state index contributed by atoms with van der Waals surface area (Å²) in [5.41, 5.74) is 1.15. The van der Waals surface area contributed by atoms with Gasteiger partial charge in [-0.25, -0.2) is 0 Å². The van der Waals surface area contributed by atoms with Gasteiger partial charge in [0.15, 0.2) is 0 Å². The first-order chi connectivity index (χ1) is 10.2. The second-order valence-electron chi connectivity index (χ2n) is 5.82. The minimum Gasteiger partial charge on any atom is -0.394 e. The minimum absolute atomic E-state index is 0.00832. The minimum atomic E-state index is -0.229. The van der Waals surface area contributed by atoms with Crippen LogP contribution in [0.25, 0.3) is 0 Å². The molecule has 2 rings (SSSR count). The highest BCUT2D eigenvalue weighted by molar-refractivity contribution is 5.13. The van der Waals surface area contributed by atoms with E-state index in [0.29, 0.717) is 12.5 Å². The summed E-state index contributed by atoms with van der Waals surface area (Å²) >= 11 is 0. The Balaban J connectivity index is 1.90. The van der Waals surface area contributed by atoms with E-state index in [1.807, 2.05) is 24.3 Å². The lowest BCUT2D eigenvalue weighted by Crippen LogP contribution is -2.47. The summed E-state index contributed by atoms with van der Waals surface area (Å²) in [4.78, 5) is 0. The third kappa shape index (κ3) is 4.67. The van der Waals surface area contributed by atoms with Crippen LogP contribution in [0.1, 0.15) is 31.7 Å². The van der Waals surface area contributed by atoms with Crippen LogP contribution in [0.4, 0.5) is 0 Å². The quantitative estimate of drug-likeness (QED) is 0.783. The van der Waals surface area contributed by atoms with Gasteiger partial charge in [-0.3, -0.25) is 0 Å². The zero-order valence-corrected chi connectivity index (χ0v) is 12.8. The molecular formula is C18H26O3. The Bertz CT molecular complexity index is 418. The molecule has 1 saturated heterocycles. The van der Waals surface area contributed by atoms with Gasteiger partial charge < -0.3 is 14.6 Å². The van der Waals surface area contributed by atoms with Gasteiger partial charge in [0.25, 0.3) is 0 Å². The predicted octanol–water partition coefficient (Wildman–Crippen LogP) is 3.32. The number of rotatable bonds is 7. The number of benzene rings is 1. The number of aliphatic hydroxyl groups is 1. The van der Waals surface area contributed by atoms with E-state index >= 15 is 0 Å². The van der Waals surface area contributed by atoms with Crippen molar-refractivity contribution >= 4 is 0 Å². The monoisotopic (exact) mass is 290 g/mol. The molecular weight excluding hydrogens is 264 g/mol. The number of allylic oxidation sites excluding steroid dienone is 1. The van der Waals surface area contributed by atoms with E-state index in [0.717, 1.165) is 24.8 Å². The molecule has 0 aliphatic carbocycles. The van der Waals surface area contributed by atoms with Crippen LogP contribution in [0.5, 0.6) is 0 Å². The highest BCUT2D eigenvalue weighted by atomic mass is 16.6. The Hall–Kier alpha value is -1.16. The van der Waals surface area contributed by atoms with Crippen molar-refractivity contribution in [1.29, 1.82) is 0 Å². The van der Waals surface area contributed by atoms with Crippen molar-refractivity contribution in [2.24, 2.45) is 5.92 Å². The number of aliphatic hydroxyl groups excluding tert-OH is 1. The zero-order valence-electron chi connectivity index (χ0n) is 12.8. The fourth-order valence-corrected chi connectivity index (χ4v) is 2.97. The van der Waals surface area contributed by atoms with E-state index < -0.39 is 0 Å². The molecule has 3 heteroatoms. The number of hydrogen-bond acceptors (Lipinski definition) is 3. The Kier molecular flexibility index (Phi) is 6.43. The van der Waals surface area contributed by atoms with Crippen molar-refractivity contribution in [3.8, 4) is 0 Å². The Morgan fingerprint density at radius 2 is 2.14 bits per heavy atom. The van der Waals surface area contributed by atoms with Crippen LogP contribution in [0.3, 0.4) is 0 Å². The molecule has 1 aromatic rings. The Labute approximate surface area is 127 Å². The maximum atomic E-state index is 9.59. The summed E-state index contributed by atoms with van der Waals surface area (Å²) in [6, 6.07) is 10.1. The molecule has 0 aromatic heterocycles. The van der Waals surface area contributed by atoms with Crippen LogP contribution >= 0.6 is 0 Å². The molecule has 0 amide bonds. The molecule has 4 atom stereocenters. The fourth-order valence-electron chi connectivity index (χ4n) is 2.97.